The molecule has 2 amide bonds. The van der Waals surface area contributed by atoms with E-state index in [1.165, 1.54) is 6.26 Å². The Morgan fingerprint density at radius 2 is 2.57 bits per heavy atom. The predicted molar refractivity (Wildman–Crippen MR) is 50.0 cm³/mol. The van der Waals surface area contributed by atoms with Gasteiger partial charge >= 0.3 is 6.03 Å². The molecule has 1 aromatic heterocycles. The van der Waals surface area contributed by atoms with Crippen molar-refractivity contribution in [3.05, 3.63) is 12.3 Å². The van der Waals surface area contributed by atoms with Gasteiger partial charge in [-0.05, 0) is 6.42 Å². The van der Waals surface area contributed by atoms with Crippen LogP contribution in [0.15, 0.2) is 16.9 Å². The summed E-state index contributed by atoms with van der Waals surface area (Å²) in [7, 11) is 1.62. The van der Waals surface area contributed by atoms with Crippen LogP contribution in [0.2, 0.25) is 0 Å². The van der Waals surface area contributed by atoms with Gasteiger partial charge in [-0.1, -0.05) is 5.16 Å². The Bertz CT molecular complexity index is 261. The molecule has 14 heavy (non-hydrogen) atoms. The van der Waals surface area contributed by atoms with Gasteiger partial charge in [-0.15, -0.1) is 0 Å². The molecule has 0 aromatic carbocycles. The van der Waals surface area contributed by atoms with Gasteiger partial charge < -0.3 is 14.6 Å². The first-order valence-electron chi connectivity index (χ1n) is 4.27. The van der Waals surface area contributed by atoms with E-state index in [2.05, 4.69) is 20.3 Å². The van der Waals surface area contributed by atoms with Crippen molar-refractivity contribution in [1.29, 1.82) is 0 Å². The molecule has 6 nitrogen and oxygen atoms in total. The van der Waals surface area contributed by atoms with Crippen LogP contribution >= 0.6 is 0 Å². The lowest BCUT2D eigenvalue weighted by Crippen LogP contribution is -2.30. The highest BCUT2D eigenvalue weighted by Gasteiger charge is 2.01. The lowest BCUT2D eigenvalue weighted by Gasteiger charge is -2.03. The van der Waals surface area contributed by atoms with Crippen molar-refractivity contribution in [1.82, 2.24) is 10.5 Å². The minimum atomic E-state index is -0.296. The number of nitrogens with zero attached hydrogens (tertiary/aromatic N) is 1. The van der Waals surface area contributed by atoms with Crippen LogP contribution in [0.5, 0.6) is 0 Å². The summed E-state index contributed by atoms with van der Waals surface area (Å²) in [5.41, 5.74) is 0. The number of carbonyl (C=O) groups is 1. The van der Waals surface area contributed by atoms with Crippen molar-refractivity contribution in [3.8, 4) is 0 Å². The molecule has 0 unspecified atom stereocenters. The molecule has 1 heterocycles. The number of aromatic nitrogens is 1. The number of hydrogen-bond acceptors (Lipinski definition) is 4. The van der Waals surface area contributed by atoms with E-state index in [0.29, 0.717) is 19.0 Å². The van der Waals surface area contributed by atoms with Gasteiger partial charge in [0.25, 0.3) is 0 Å². The van der Waals surface area contributed by atoms with Crippen LogP contribution in [-0.2, 0) is 4.74 Å². The topological polar surface area (TPSA) is 76.4 Å². The second kappa shape index (κ2) is 5.98. The first-order valence-corrected chi connectivity index (χ1v) is 4.27. The summed E-state index contributed by atoms with van der Waals surface area (Å²) in [4.78, 5) is 11.1. The van der Waals surface area contributed by atoms with Crippen molar-refractivity contribution in [2.24, 2.45) is 0 Å². The second-order valence-corrected chi connectivity index (χ2v) is 2.61. The van der Waals surface area contributed by atoms with Gasteiger partial charge in [-0.2, -0.15) is 0 Å². The maximum absolute atomic E-state index is 11.1. The van der Waals surface area contributed by atoms with E-state index in [1.807, 2.05) is 0 Å². The molecule has 0 aliphatic rings. The van der Waals surface area contributed by atoms with Crippen LogP contribution in [-0.4, -0.2) is 31.4 Å². The number of methoxy groups -OCH3 is 1. The highest BCUT2D eigenvalue weighted by Crippen LogP contribution is 1.99. The maximum Gasteiger partial charge on any atom is 0.320 e. The average molecular weight is 199 g/mol. The molecular formula is C8H13N3O3. The zero-order valence-corrected chi connectivity index (χ0v) is 7.95. The third-order valence-electron chi connectivity index (χ3n) is 1.49. The average Bonchev–Trinajstić information content (AvgIpc) is 2.65. The van der Waals surface area contributed by atoms with Crippen LogP contribution in [0, 0.1) is 0 Å². The van der Waals surface area contributed by atoms with Gasteiger partial charge in [0, 0.05) is 26.3 Å². The number of rotatable bonds is 5. The van der Waals surface area contributed by atoms with E-state index in [9.17, 15) is 4.79 Å². The summed E-state index contributed by atoms with van der Waals surface area (Å²) < 4.78 is 9.38. The predicted octanol–water partition coefficient (Wildman–Crippen LogP) is 0.833. The van der Waals surface area contributed by atoms with E-state index in [0.717, 1.165) is 6.42 Å². The molecule has 0 saturated heterocycles. The third-order valence-corrected chi connectivity index (χ3v) is 1.49. The molecule has 78 valence electrons. The Kier molecular flexibility index (Phi) is 4.49. The van der Waals surface area contributed by atoms with E-state index in [4.69, 9.17) is 4.74 Å². The van der Waals surface area contributed by atoms with E-state index in [-0.39, 0.29) is 6.03 Å². The molecule has 1 aromatic rings. The largest absolute Gasteiger partial charge is 0.385 e. The molecule has 1 rings (SSSR count). The Balaban J connectivity index is 2.11. The summed E-state index contributed by atoms with van der Waals surface area (Å²) >= 11 is 0. The summed E-state index contributed by atoms with van der Waals surface area (Å²) in [6.45, 7) is 1.20. The summed E-state index contributed by atoms with van der Waals surface area (Å²) in [5, 5.41) is 8.68. The first kappa shape index (κ1) is 10.5. The minimum Gasteiger partial charge on any atom is -0.385 e. The number of hydrogen-bond donors (Lipinski definition) is 2. The lowest BCUT2D eigenvalue weighted by atomic mass is 10.4. The van der Waals surface area contributed by atoms with E-state index >= 15 is 0 Å². The molecule has 0 saturated carbocycles. The van der Waals surface area contributed by atoms with Gasteiger partial charge in [0.2, 0.25) is 0 Å². The Morgan fingerprint density at radius 3 is 3.21 bits per heavy atom. The minimum absolute atomic E-state index is 0.296. The molecule has 0 radical (unpaired) electrons. The van der Waals surface area contributed by atoms with Crippen LogP contribution in [0.1, 0.15) is 6.42 Å². The summed E-state index contributed by atoms with van der Waals surface area (Å²) in [6.07, 6.45) is 2.17. The smallest absolute Gasteiger partial charge is 0.320 e. The highest BCUT2D eigenvalue weighted by atomic mass is 16.5. The number of carbonyl (C=O) groups excluding carboxylic acids is 1. The highest BCUT2D eigenvalue weighted by molar-refractivity contribution is 5.87. The quantitative estimate of drug-likeness (QED) is 0.689. The van der Waals surface area contributed by atoms with Crippen LogP contribution in [0.3, 0.4) is 0 Å². The fourth-order valence-electron chi connectivity index (χ4n) is 0.856. The Morgan fingerprint density at radius 1 is 1.71 bits per heavy atom. The summed E-state index contributed by atoms with van der Waals surface area (Å²) in [6, 6.07) is 1.27. The van der Waals surface area contributed by atoms with E-state index in [1.54, 1.807) is 13.2 Å². The standard InChI is InChI=1S/C8H13N3O3/c1-13-5-2-4-9-8(12)10-7-3-6-14-11-7/h3,6H,2,4-5H2,1H3,(H2,9,10,11,12). The van der Waals surface area contributed by atoms with E-state index < -0.39 is 0 Å². The normalized spacial score (nSPS) is 9.79. The molecule has 2 N–H and O–H groups in total. The zero-order valence-electron chi connectivity index (χ0n) is 7.95. The maximum atomic E-state index is 11.1. The van der Waals surface area contributed by atoms with Gasteiger partial charge in [-0.3, -0.25) is 5.32 Å². The lowest BCUT2D eigenvalue weighted by molar-refractivity contribution is 0.194. The van der Waals surface area contributed by atoms with Crippen molar-refractivity contribution >= 4 is 11.8 Å². The third kappa shape index (κ3) is 3.90. The van der Waals surface area contributed by atoms with Crippen molar-refractivity contribution < 1.29 is 14.1 Å². The molecule has 0 spiro atoms. The second-order valence-electron chi connectivity index (χ2n) is 2.61. The SMILES string of the molecule is COCCCNC(=O)Nc1ccon1. The summed E-state index contributed by atoms with van der Waals surface area (Å²) in [5.74, 6) is 0.397. The Labute approximate surface area is 81.6 Å². The van der Waals surface area contributed by atoms with Gasteiger partial charge in [0.05, 0.1) is 0 Å². The van der Waals surface area contributed by atoms with Crippen LogP contribution in [0.4, 0.5) is 10.6 Å². The van der Waals surface area contributed by atoms with Crippen LogP contribution in [0.25, 0.3) is 0 Å². The Hall–Kier alpha value is -1.56. The van der Waals surface area contributed by atoms with Gasteiger partial charge in [0.15, 0.2) is 5.82 Å². The van der Waals surface area contributed by atoms with Crippen molar-refractivity contribution in [2.45, 2.75) is 6.42 Å². The number of nitrogens with one attached hydrogen (secondary N) is 2. The van der Waals surface area contributed by atoms with Crippen molar-refractivity contribution in [3.63, 3.8) is 0 Å². The molecule has 0 aliphatic heterocycles. The number of anilines is 1. The van der Waals surface area contributed by atoms with Gasteiger partial charge in [-0.25, -0.2) is 4.79 Å². The fraction of sp³-hybridized carbons (Fsp3) is 0.500. The van der Waals surface area contributed by atoms with Crippen molar-refractivity contribution in [2.75, 3.05) is 25.6 Å². The van der Waals surface area contributed by atoms with Gasteiger partial charge in [0.1, 0.15) is 6.26 Å². The number of amides is 2. The van der Waals surface area contributed by atoms with Crippen LogP contribution < -0.4 is 10.6 Å². The zero-order chi connectivity index (χ0) is 10.2. The monoisotopic (exact) mass is 199 g/mol. The molecule has 0 atom stereocenters. The molecule has 0 fully saturated rings. The molecule has 6 heteroatoms. The molecule has 0 aliphatic carbocycles. The molecular weight excluding hydrogens is 186 g/mol. The number of urea groups is 1. The number of ether oxygens (including phenoxy) is 1. The molecule has 0 bridgehead atoms. The first-order chi connectivity index (χ1) is 6.83. The fourth-order valence-corrected chi connectivity index (χ4v) is 0.856.